The summed E-state index contributed by atoms with van der Waals surface area (Å²) in [5, 5.41) is 14.7. The monoisotopic (exact) mass is 227 g/mol. The van der Waals surface area contributed by atoms with Crippen molar-refractivity contribution in [3.05, 3.63) is 17.8 Å². The summed E-state index contributed by atoms with van der Waals surface area (Å²) < 4.78 is 6.90. The lowest BCUT2D eigenvalue weighted by Gasteiger charge is -1.96. The van der Waals surface area contributed by atoms with Gasteiger partial charge in [0, 0.05) is 13.2 Å². The first kappa shape index (κ1) is 9.97. The van der Waals surface area contributed by atoms with Crippen molar-refractivity contribution in [1.29, 1.82) is 0 Å². The van der Waals surface area contributed by atoms with E-state index in [4.69, 9.17) is 16.0 Å². The highest BCUT2D eigenvalue weighted by atomic mass is 35.5. The van der Waals surface area contributed by atoms with Gasteiger partial charge in [-0.15, -0.1) is 16.7 Å². The summed E-state index contributed by atoms with van der Waals surface area (Å²) in [4.78, 5) is 0. The number of halogens is 1. The summed E-state index contributed by atoms with van der Waals surface area (Å²) in [7, 11) is 1.84. The van der Waals surface area contributed by atoms with Crippen LogP contribution in [0.1, 0.15) is 11.6 Å². The van der Waals surface area contributed by atoms with Crippen molar-refractivity contribution in [2.24, 2.45) is 7.05 Å². The fraction of sp³-hybridized carbons (Fsp3) is 0.375. The van der Waals surface area contributed by atoms with E-state index < -0.39 is 0 Å². The molecule has 0 aliphatic rings. The Morgan fingerprint density at radius 3 is 2.87 bits per heavy atom. The van der Waals surface area contributed by atoms with Crippen molar-refractivity contribution in [2.45, 2.75) is 12.8 Å². The maximum absolute atomic E-state index is 5.54. The van der Waals surface area contributed by atoms with Crippen LogP contribution in [0.3, 0.4) is 0 Å². The van der Waals surface area contributed by atoms with Crippen LogP contribution in [0.15, 0.2) is 10.6 Å². The third-order valence-electron chi connectivity index (χ3n) is 1.84. The van der Waals surface area contributed by atoms with E-state index in [-0.39, 0.29) is 5.88 Å². The zero-order chi connectivity index (χ0) is 10.8. The Balaban J connectivity index is 2.17. The van der Waals surface area contributed by atoms with Crippen LogP contribution >= 0.6 is 11.6 Å². The summed E-state index contributed by atoms with van der Waals surface area (Å²) in [5.41, 5.74) is 1.70. The van der Waals surface area contributed by atoms with Crippen molar-refractivity contribution in [1.82, 2.24) is 20.0 Å². The van der Waals surface area contributed by atoms with Crippen LogP contribution in [-0.2, 0) is 12.9 Å². The highest BCUT2D eigenvalue weighted by Gasteiger charge is 2.08. The number of aromatic nitrogens is 4. The molecule has 0 spiro atoms. The molecule has 2 heterocycles. The van der Waals surface area contributed by atoms with E-state index in [0.717, 1.165) is 11.4 Å². The molecule has 0 atom stereocenters. The van der Waals surface area contributed by atoms with Gasteiger partial charge in [-0.05, 0) is 6.92 Å². The first-order valence-electron chi connectivity index (χ1n) is 4.34. The average molecular weight is 228 g/mol. The van der Waals surface area contributed by atoms with Gasteiger partial charge in [-0.1, -0.05) is 5.10 Å². The number of aryl methyl sites for hydroxylation is 2. The predicted molar refractivity (Wildman–Crippen MR) is 55.1 cm³/mol. The molecule has 80 valence electrons. The molecule has 0 amide bonds. The minimum absolute atomic E-state index is 0.209. The quantitative estimate of drug-likeness (QED) is 0.807. The Hall–Kier alpha value is -1.56. The summed E-state index contributed by atoms with van der Waals surface area (Å²) in [5.74, 6) is 0.599. The smallest absolute Gasteiger partial charge is 0.320 e. The van der Waals surface area contributed by atoms with E-state index in [2.05, 4.69) is 20.6 Å². The molecule has 0 unspecified atom stereocenters. The number of nitrogens with zero attached hydrogens (tertiary/aromatic N) is 4. The van der Waals surface area contributed by atoms with Crippen LogP contribution in [0.25, 0.3) is 0 Å². The second-order valence-electron chi connectivity index (χ2n) is 3.06. The van der Waals surface area contributed by atoms with E-state index in [1.165, 1.54) is 0 Å². The molecule has 0 radical (unpaired) electrons. The number of hydrogen-bond acceptors (Lipinski definition) is 5. The molecule has 7 heteroatoms. The van der Waals surface area contributed by atoms with Gasteiger partial charge in [0.05, 0.1) is 11.4 Å². The van der Waals surface area contributed by atoms with Gasteiger partial charge in [0.15, 0.2) is 0 Å². The Bertz CT molecular complexity index is 463. The van der Waals surface area contributed by atoms with Crippen LogP contribution in [0, 0.1) is 6.92 Å². The topological polar surface area (TPSA) is 68.8 Å². The first-order valence-corrected chi connectivity index (χ1v) is 4.88. The SMILES string of the molecule is Cc1nn(C)cc1Nc1nnc(CCl)o1. The maximum Gasteiger partial charge on any atom is 0.320 e. The number of alkyl halides is 1. The second-order valence-corrected chi connectivity index (χ2v) is 3.33. The lowest BCUT2D eigenvalue weighted by Crippen LogP contribution is -1.90. The molecule has 0 aliphatic carbocycles. The maximum atomic E-state index is 5.54. The van der Waals surface area contributed by atoms with Crippen molar-refractivity contribution in [3.63, 3.8) is 0 Å². The minimum Gasteiger partial charge on any atom is -0.407 e. The zero-order valence-corrected chi connectivity index (χ0v) is 9.12. The molecule has 1 N–H and O–H groups in total. The summed E-state index contributed by atoms with van der Waals surface area (Å²) in [6.45, 7) is 1.89. The number of rotatable bonds is 3. The molecular weight excluding hydrogens is 218 g/mol. The van der Waals surface area contributed by atoms with E-state index in [0.29, 0.717) is 11.9 Å². The standard InChI is InChI=1S/C8H10ClN5O/c1-5-6(4-14(2)13-5)10-8-12-11-7(3-9)15-8/h4H,3H2,1-2H3,(H,10,12). The van der Waals surface area contributed by atoms with Crippen LogP contribution in [0.2, 0.25) is 0 Å². The Labute approximate surface area is 91.2 Å². The van der Waals surface area contributed by atoms with E-state index in [1.807, 2.05) is 20.2 Å². The minimum atomic E-state index is 0.209. The van der Waals surface area contributed by atoms with E-state index in [1.54, 1.807) is 4.68 Å². The largest absolute Gasteiger partial charge is 0.407 e. The van der Waals surface area contributed by atoms with Gasteiger partial charge in [0.1, 0.15) is 5.88 Å². The third kappa shape index (κ3) is 2.10. The molecule has 0 saturated heterocycles. The Morgan fingerprint density at radius 1 is 1.53 bits per heavy atom. The van der Waals surface area contributed by atoms with Crippen LogP contribution in [-0.4, -0.2) is 20.0 Å². The number of hydrogen-bond donors (Lipinski definition) is 1. The number of nitrogens with one attached hydrogen (secondary N) is 1. The third-order valence-corrected chi connectivity index (χ3v) is 2.06. The molecule has 2 rings (SSSR count). The highest BCUT2D eigenvalue weighted by Crippen LogP contribution is 2.18. The van der Waals surface area contributed by atoms with Crippen molar-refractivity contribution < 1.29 is 4.42 Å². The van der Waals surface area contributed by atoms with E-state index in [9.17, 15) is 0 Å². The summed E-state index contributed by atoms with van der Waals surface area (Å²) >= 11 is 5.54. The molecule has 0 aliphatic heterocycles. The molecule has 0 fully saturated rings. The van der Waals surface area contributed by atoms with Crippen LogP contribution < -0.4 is 5.32 Å². The van der Waals surface area contributed by atoms with Crippen LogP contribution in [0.5, 0.6) is 0 Å². The van der Waals surface area contributed by atoms with Gasteiger partial charge in [-0.2, -0.15) is 5.10 Å². The molecule has 0 bridgehead atoms. The van der Waals surface area contributed by atoms with Crippen molar-refractivity contribution in [3.8, 4) is 0 Å². The van der Waals surface area contributed by atoms with E-state index >= 15 is 0 Å². The average Bonchev–Trinajstić information content (AvgIpc) is 2.75. The molecule has 15 heavy (non-hydrogen) atoms. The highest BCUT2D eigenvalue weighted by molar-refractivity contribution is 6.16. The molecule has 2 aromatic heterocycles. The summed E-state index contributed by atoms with van der Waals surface area (Å²) in [6.07, 6.45) is 1.83. The second kappa shape index (κ2) is 3.90. The molecular formula is C8H10ClN5O. The van der Waals surface area contributed by atoms with Gasteiger partial charge in [-0.3, -0.25) is 4.68 Å². The zero-order valence-electron chi connectivity index (χ0n) is 8.36. The molecule has 2 aromatic rings. The van der Waals surface area contributed by atoms with Crippen molar-refractivity contribution in [2.75, 3.05) is 5.32 Å². The Kier molecular flexibility index (Phi) is 2.59. The van der Waals surface area contributed by atoms with Gasteiger partial charge in [-0.25, -0.2) is 0 Å². The molecule has 0 saturated carbocycles. The normalized spacial score (nSPS) is 10.6. The first-order chi connectivity index (χ1) is 7.19. The van der Waals surface area contributed by atoms with Gasteiger partial charge in [0.25, 0.3) is 0 Å². The van der Waals surface area contributed by atoms with Gasteiger partial charge < -0.3 is 9.73 Å². The fourth-order valence-corrected chi connectivity index (χ4v) is 1.30. The molecule has 0 aromatic carbocycles. The van der Waals surface area contributed by atoms with Gasteiger partial charge in [0.2, 0.25) is 5.89 Å². The van der Waals surface area contributed by atoms with Crippen molar-refractivity contribution >= 4 is 23.3 Å². The van der Waals surface area contributed by atoms with Crippen LogP contribution in [0.4, 0.5) is 11.7 Å². The number of anilines is 2. The fourth-order valence-electron chi connectivity index (χ4n) is 1.20. The predicted octanol–water partition coefficient (Wildman–Crippen LogP) is 1.59. The van der Waals surface area contributed by atoms with Gasteiger partial charge >= 0.3 is 6.01 Å². The molecule has 6 nitrogen and oxygen atoms in total. The lowest BCUT2D eigenvalue weighted by molar-refractivity contribution is 0.530. The summed E-state index contributed by atoms with van der Waals surface area (Å²) in [6, 6.07) is 0.321. The Morgan fingerprint density at radius 2 is 2.33 bits per heavy atom. The lowest BCUT2D eigenvalue weighted by atomic mass is 10.4.